The predicted molar refractivity (Wildman–Crippen MR) is 97.9 cm³/mol. The second-order valence-corrected chi connectivity index (χ2v) is 6.35. The van der Waals surface area contributed by atoms with E-state index in [0.717, 1.165) is 43.7 Å². The van der Waals surface area contributed by atoms with Gasteiger partial charge in [-0.25, -0.2) is 4.79 Å². The lowest BCUT2D eigenvalue weighted by Gasteiger charge is -2.28. The minimum absolute atomic E-state index is 0. The van der Waals surface area contributed by atoms with Crippen LogP contribution in [-0.2, 0) is 4.79 Å². The van der Waals surface area contributed by atoms with Crippen LogP contribution in [0.2, 0.25) is 0 Å². The Labute approximate surface area is 148 Å². The van der Waals surface area contributed by atoms with E-state index in [1.165, 1.54) is 0 Å². The van der Waals surface area contributed by atoms with Gasteiger partial charge in [-0.2, -0.15) is 0 Å². The van der Waals surface area contributed by atoms with Crippen molar-refractivity contribution in [1.29, 1.82) is 0 Å². The molecule has 7 heteroatoms. The molecule has 0 aromatic heterocycles. The molecular formula is C17H25ClN4O2. The quantitative estimate of drug-likeness (QED) is 0.781. The minimum Gasteiger partial charge on any atom is -0.338 e. The SMILES string of the molecule is C[C@H]1C[C@@H](C(=O)Nc2cccc(N3CCCNC3=O)c2)CCN1.Cl. The third-order valence-electron chi connectivity index (χ3n) is 4.50. The summed E-state index contributed by atoms with van der Waals surface area (Å²) in [5, 5.41) is 9.20. The molecule has 2 aliphatic rings. The standard InChI is InChI=1S/C17H24N4O2.ClH/c1-12-10-13(6-8-18-12)16(22)20-14-4-2-5-15(11-14)21-9-3-7-19-17(21)23;/h2,4-5,11-13,18H,3,6-10H2,1H3,(H,19,23)(H,20,22);1H/t12-,13-;/m0./s1. The zero-order chi connectivity index (χ0) is 16.2. The molecule has 24 heavy (non-hydrogen) atoms. The summed E-state index contributed by atoms with van der Waals surface area (Å²) in [5.41, 5.74) is 1.57. The molecule has 6 nitrogen and oxygen atoms in total. The van der Waals surface area contributed by atoms with E-state index in [4.69, 9.17) is 0 Å². The van der Waals surface area contributed by atoms with Gasteiger partial charge in [0, 0.05) is 36.4 Å². The Hall–Kier alpha value is -1.79. The van der Waals surface area contributed by atoms with E-state index in [1.54, 1.807) is 4.90 Å². The Morgan fingerprint density at radius 3 is 2.92 bits per heavy atom. The van der Waals surface area contributed by atoms with Crippen molar-refractivity contribution in [3.05, 3.63) is 24.3 Å². The molecule has 0 spiro atoms. The van der Waals surface area contributed by atoms with E-state index in [-0.39, 0.29) is 30.3 Å². The number of anilines is 2. The summed E-state index contributed by atoms with van der Waals surface area (Å²) in [6.45, 7) is 4.41. The molecular weight excluding hydrogens is 328 g/mol. The third-order valence-corrected chi connectivity index (χ3v) is 4.50. The van der Waals surface area contributed by atoms with Crippen molar-refractivity contribution in [3.63, 3.8) is 0 Å². The number of carbonyl (C=O) groups is 2. The lowest BCUT2D eigenvalue weighted by Crippen LogP contribution is -2.46. The van der Waals surface area contributed by atoms with Crippen molar-refractivity contribution in [2.45, 2.75) is 32.2 Å². The highest BCUT2D eigenvalue weighted by Crippen LogP contribution is 2.23. The molecule has 0 bridgehead atoms. The molecule has 2 saturated heterocycles. The van der Waals surface area contributed by atoms with Crippen LogP contribution in [0, 0.1) is 5.92 Å². The molecule has 2 aliphatic heterocycles. The van der Waals surface area contributed by atoms with Gasteiger partial charge in [-0.3, -0.25) is 9.69 Å². The largest absolute Gasteiger partial charge is 0.338 e. The normalized spacial score (nSPS) is 23.9. The number of amides is 3. The van der Waals surface area contributed by atoms with Crippen molar-refractivity contribution in [2.75, 3.05) is 29.9 Å². The highest BCUT2D eigenvalue weighted by atomic mass is 35.5. The van der Waals surface area contributed by atoms with Crippen LogP contribution in [0.15, 0.2) is 24.3 Å². The van der Waals surface area contributed by atoms with Crippen LogP contribution in [0.5, 0.6) is 0 Å². The number of rotatable bonds is 3. The van der Waals surface area contributed by atoms with Gasteiger partial charge in [-0.05, 0) is 50.9 Å². The van der Waals surface area contributed by atoms with E-state index in [9.17, 15) is 9.59 Å². The average molecular weight is 353 g/mol. The fourth-order valence-corrected chi connectivity index (χ4v) is 3.24. The first-order valence-corrected chi connectivity index (χ1v) is 8.33. The smallest absolute Gasteiger partial charge is 0.321 e. The van der Waals surface area contributed by atoms with Gasteiger partial charge in [0.1, 0.15) is 0 Å². The van der Waals surface area contributed by atoms with Crippen molar-refractivity contribution in [2.24, 2.45) is 5.92 Å². The Morgan fingerprint density at radius 1 is 1.33 bits per heavy atom. The fraction of sp³-hybridized carbons (Fsp3) is 0.529. The minimum atomic E-state index is -0.0769. The first-order valence-electron chi connectivity index (χ1n) is 8.33. The van der Waals surface area contributed by atoms with Gasteiger partial charge in [0.15, 0.2) is 0 Å². The summed E-state index contributed by atoms with van der Waals surface area (Å²) in [6.07, 6.45) is 2.65. The third kappa shape index (κ3) is 4.39. The van der Waals surface area contributed by atoms with Crippen LogP contribution in [0.3, 0.4) is 0 Å². The fourth-order valence-electron chi connectivity index (χ4n) is 3.24. The molecule has 3 rings (SSSR count). The van der Waals surface area contributed by atoms with Gasteiger partial charge in [0.2, 0.25) is 5.91 Å². The van der Waals surface area contributed by atoms with Crippen LogP contribution in [0.1, 0.15) is 26.2 Å². The number of urea groups is 1. The van der Waals surface area contributed by atoms with Gasteiger partial charge in [0.25, 0.3) is 0 Å². The molecule has 2 fully saturated rings. The molecule has 132 valence electrons. The topological polar surface area (TPSA) is 73.5 Å². The molecule has 3 amide bonds. The average Bonchev–Trinajstić information content (AvgIpc) is 2.55. The van der Waals surface area contributed by atoms with E-state index >= 15 is 0 Å². The molecule has 0 unspecified atom stereocenters. The highest BCUT2D eigenvalue weighted by molar-refractivity contribution is 5.96. The second-order valence-electron chi connectivity index (χ2n) is 6.35. The zero-order valence-corrected chi connectivity index (χ0v) is 14.7. The summed E-state index contributed by atoms with van der Waals surface area (Å²) in [4.78, 5) is 26.1. The number of piperidine rings is 1. The summed E-state index contributed by atoms with van der Waals surface area (Å²) >= 11 is 0. The monoisotopic (exact) mass is 352 g/mol. The van der Waals surface area contributed by atoms with Crippen LogP contribution >= 0.6 is 12.4 Å². The molecule has 0 aliphatic carbocycles. The van der Waals surface area contributed by atoms with E-state index in [1.807, 2.05) is 24.3 Å². The van der Waals surface area contributed by atoms with E-state index in [2.05, 4.69) is 22.9 Å². The van der Waals surface area contributed by atoms with Gasteiger partial charge in [-0.1, -0.05) is 6.07 Å². The number of nitrogens with zero attached hydrogens (tertiary/aromatic N) is 1. The summed E-state index contributed by atoms with van der Waals surface area (Å²) < 4.78 is 0. The number of halogens is 1. The van der Waals surface area contributed by atoms with Crippen LogP contribution < -0.4 is 20.9 Å². The maximum Gasteiger partial charge on any atom is 0.321 e. The summed E-state index contributed by atoms with van der Waals surface area (Å²) in [6, 6.07) is 7.81. The second kappa shape index (κ2) is 8.35. The maximum atomic E-state index is 12.4. The highest BCUT2D eigenvalue weighted by Gasteiger charge is 2.25. The Kier molecular flexibility index (Phi) is 6.45. The molecule has 2 atom stereocenters. The van der Waals surface area contributed by atoms with Gasteiger partial charge >= 0.3 is 6.03 Å². The lowest BCUT2D eigenvalue weighted by atomic mass is 9.92. The summed E-state index contributed by atoms with van der Waals surface area (Å²) in [7, 11) is 0. The summed E-state index contributed by atoms with van der Waals surface area (Å²) in [5.74, 6) is 0.117. The van der Waals surface area contributed by atoms with Gasteiger partial charge < -0.3 is 16.0 Å². The molecule has 0 saturated carbocycles. The number of benzene rings is 1. The van der Waals surface area contributed by atoms with Crippen molar-refractivity contribution < 1.29 is 9.59 Å². The first kappa shape index (κ1) is 18.5. The molecule has 0 radical (unpaired) electrons. The molecule has 3 N–H and O–H groups in total. The van der Waals surface area contributed by atoms with Crippen molar-refractivity contribution in [1.82, 2.24) is 10.6 Å². The molecule has 1 aromatic carbocycles. The van der Waals surface area contributed by atoms with Crippen LogP contribution in [-0.4, -0.2) is 37.6 Å². The Morgan fingerprint density at radius 2 is 2.17 bits per heavy atom. The first-order chi connectivity index (χ1) is 11.1. The maximum absolute atomic E-state index is 12.4. The van der Waals surface area contributed by atoms with Crippen LogP contribution in [0.4, 0.5) is 16.2 Å². The molecule has 2 heterocycles. The van der Waals surface area contributed by atoms with Crippen LogP contribution in [0.25, 0.3) is 0 Å². The molecule has 1 aromatic rings. The van der Waals surface area contributed by atoms with Crippen molar-refractivity contribution in [3.8, 4) is 0 Å². The number of carbonyl (C=O) groups excluding carboxylic acids is 2. The van der Waals surface area contributed by atoms with Crippen molar-refractivity contribution >= 4 is 35.7 Å². The van der Waals surface area contributed by atoms with Gasteiger partial charge in [-0.15, -0.1) is 12.4 Å². The number of hydrogen-bond acceptors (Lipinski definition) is 3. The Balaban J connectivity index is 0.00000208. The van der Waals surface area contributed by atoms with Gasteiger partial charge in [0.05, 0.1) is 0 Å². The Bertz CT molecular complexity index is 596. The van der Waals surface area contributed by atoms with E-state index < -0.39 is 0 Å². The number of nitrogens with one attached hydrogen (secondary N) is 3. The lowest BCUT2D eigenvalue weighted by molar-refractivity contribution is -0.120. The number of hydrogen-bond donors (Lipinski definition) is 3. The zero-order valence-electron chi connectivity index (χ0n) is 13.9. The van der Waals surface area contributed by atoms with E-state index in [0.29, 0.717) is 12.6 Å². The predicted octanol–water partition coefficient (Wildman–Crippen LogP) is 2.35.